The first-order valence-electron chi connectivity index (χ1n) is 6.13. The van der Waals surface area contributed by atoms with Gasteiger partial charge in [-0.05, 0) is 25.2 Å². The van der Waals surface area contributed by atoms with Gasteiger partial charge in [-0.1, -0.05) is 20.3 Å². The predicted molar refractivity (Wildman–Crippen MR) is 64.0 cm³/mol. The molecule has 0 bridgehead atoms. The number of nitrogens with one attached hydrogen (secondary N) is 1. The topological polar surface area (TPSA) is 64.4 Å². The van der Waals surface area contributed by atoms with Crippen molar-refractivity contribution in [3.05, 3.63) is 0 Å². The Balaban J connectivity index is 2.34. The molecular formula is C12H24N2O2. The van der Waals surface area contributed by atoms with Gasteiger partial charge in [0.15, 0.2) is 0 Å². The summed E-state index contributed by atoms with van der Waals surface area (Å²) in [7, 11) is 1.71. The number of ether oxygens (including phenoxy) is 1. The maximum absolute atomic E-state index is 11.8. The second kappa shape index (κ2) is 5.64. The van der Waals surface area contributed by atoms with Gasteiger partial charge in [-0.25, -0.2) is 0 Å². The first kappa shape index (κ1) is 13.5. The Labute approximate surface area is 97.9 Å². The monoisotopic (exact) mass is 228 g/mol. The fourth-order valence-electron chi connectivity index (χ4n) is 1.90. The Morgan fingerprint density at radius 2 is 2.19 bits per heavy atom. The molecule has 0 aromatic rings. The zero-order valence-electron chi connectivity index (χ0n) is 10.6. The standard InChI is InChI=1S/C12H24N2O2/c1-4-9(2)10(13)11(15)14-8-12(16-3)6-5-7-12/h9-10H,4-8,13H2,1-3H3,(H,14,15)/t9?,10-/m0/s1. The third-order valence-electron chi connectivity index (χ3n) is 3.84. The van der Waals surface area contributed by atoms with Crippen molar-refractivity contribution in [2.75, 3.05) is 13.7 Å². The molecular weight excluding hydrogens is 204 g/mol. The molecule has 1 aliphatic rings. The van der Waals surface area contributed by atoms with Crippen molar-refractivity contribution >= 4 is 5.91 Å². The highest BCUT2D eigenvalue weighted by molar-refractivity contribution is 5.81. The SMILES string of the molecule is CCC(C)[C@H](N)C(=O)NCC1(OC)CCC1. The maximum Gasteiger partial charge on any atom is 0.237 e. The smallest absolute Gasteiger partial charge is 0.237 e. The second-order valence-electron chi connectivity index (χ2n) is 4.87. The quantitative estimate of drug-likeness (QED) is 0.714. The van der Waals surface area contributed by atoms with Crippen LogP contribution < -0.4 is 11.1 Å². The Bertz CT molecular complexity index is 234. The number of hydrogen-bond donors (Lipinski definition) is 2. The lowest BCUT2D eigenvalue weighted by Crippen LogP contribution is -2.53. The van der Waals surface area contributed by atoms with E-state index in [9.17, 15) is 4.79 Å². The Morgan fingerprint density at radius 3 is 2.56 bits per heavy atom. The number of carbonyl (C=O) groups excluding carboxylic acids is 1. The molecule has 0 heterocycles. The van der Waals surface area contributed by atoms with Crippen LogP contribution in [0, 0.1) is 5.92 Å². The number of methoxy groups -OCH3 is 1. The van der Waals surface area contributed by atoms with Gasteiger partial charge in [0.1, 0.15) is 0 Å². The lowest BCUT2D eigenvalue weighted by molar-refractivity contribution is -0.127. The van der Waals surface area contributed by atoms with Crippen molar-refractivity contribution in [1.82, 2.24) is 5.32 Å². The molecule has 0 saturated heterocycles. The van der Waals surface area contributed by atoms with Gasteiger partial charge >= 0.3 is 0 Å². The van der Waals surface area contributed by atoms with Crippen molar-refractivity contribution < 1.29 is 9.53 Å². The number of nitrogens with two attached hydrogens (primary N) is 1. The van der Waals surface area contributed by atoms with Crippen molar-refractivity contribution in [1.29, 1.82) is 0 Å². The molecule has 0 aromatic carbocycles. The third-order valence-corrected chi connectivity index (χ3v) is 3.84. The van der Waals surface area contributed by atoms with Gasteiger partial charge in [0.25, 0.3) is 0 Å². The lowest BCUT2D eigenvalue weighted by Gasteiger charge is -2.40. The number of rotatable bonds is 6. The van der Waals surface area contributed by atoms with Gasteiger partial charge in [0, 0.05) is 13.7 Å². The summed E-state index contributed by atoms with van der Waals surface area (Å²) in [6, 6.07) is -0.404. The summed E-state index contributed by atoms with van der Waals surface area (Å²) in [5.41, 5.74) is 5.73. The zero-order chi connectivity index (χ0) is 12.2. The van der Waals surface area contributed by atoms with E-state index >= 15 is 0 Å². The highest BCUT2D eigenvalue weighted by Gasteiger charge is 2.37. The highest BCUT2D eigenvalue weighted by Crippen LogP contribution is 2.34. The lowest BCUT2D eigenvalue weighted by atomic mass is 9.80. The molecule has 0 spiro atoms. The molecule has 1 saturated carbocycles. The first-order chi connectivity index (χ1) is 7.54. The summed E-state index contributed by atoms with van der Waals surface area (Å²) in [4.78, 5) is 11.8. The van der Waals surface area contributed by atoms with Crippen LogP contribution in [0.4, 0.5) is 0 Å². The fraction of sp³-hybridized carbons (Fsp3) is 0.917. The molecule has 1 amide bonds. The van der Waals surface area contributed by atoms with Crippen LogP contribution in [0.2, 0.25) is 0 Å². The van der Waals surface area contributed by atoms with E-state index in [1.54, 1.807) is 7.11 Å². The molecule has 1 unspecified atom stereocenters. The zero-order valence-corrected chi connectivity index (χ0v) is 10.6. The molecule has 94 valence electrons. The third kappa shape index (κ3) is 2.95. The van der Waals surface area contributed by atoms with E-state index in [-0.39, 0.29) is 17.4 Å². The van der Waals surface area contributed by atoms with Crippen LogP contribution in [0.15, 0.2) is 0 Å². The molecule has 0 radical (unpaired) electrons. The summed E-state index contributed by atoms with van der Waals surface area (Å²) in [6.45, 7) is 4.63. The average Bonchev–Trinajstić information content (AvgIpc) is 2.25. The van der Waals surface area contributed by atoms with Crippen molar-refractivity contribution in [3.8, 4) is 0 Å². The molecule has 0 aliphatic heterocycles. The summed E-state index contributed by atoms with van der Waals surface area (Å²) in [5, 5.41) is 2.90. The number of hydrogen-bond acceptors (Lipinski definition) is 3. The minimum Gasteiger partial charge on any atom is -0.376 e. The van der Waals surface area contributed by atoms with Crippen LogP contribution in [0.25, 0.3) is 0 Å². The average molecular weight is 228 g/mol. The van der Waals surface area contributed by atoms with Gasteiger partial charge in [-0.15, -0.1) is 0 Å². The Kier molecular flexibility index (Phi) is 4.74. The molecule has 16 heavy (non-hydrogen) atoms. The fourth-order valence-corrected chi connectivity index (χ4v) is 1.90. The van der Waals surface area contributed by atoms with Crippen LogP contribution >= 0.6 is 0 Å². The van der Waals surface area contributed by atoms with Crippen LogP contribution in [-0.4, -0.2) is 31.2 Å². The Morgan fingerprint density at radius 1 is 1.56 bits per heavy atom. The summed E-state index contributed by atoms with van der Waals surface area (Å²) in [6.07, 6.45) is 4.16. The second-order valence-corrected chi connectivity index (χ2v) is 4.87. The van der Waals surface area contributed by atoms with E-state index in [1.807, 2.05) is 13.8 Å². The van der Waals surface area contributed by atoms with E-state index in [0.29, 0.717) is 6.54 Å². The van der Waals surface area contributed by atoms with Gasteiger partial charge in [-0.3, -0.25) is 4.79 Å². The van der Waals surface area contributed by atoms with Crippen molar-refractivity contribution in [2.24, 2.45) is 11.7 Å². The van der Waals surface area contributed by atoms with Crippen molar-refractivity contribution in [3.63, 3.8) is 0 Å². The van der Waals surface area contributed by atoms with E-state index in [4.69, 9.17) is 10.5 Å². The van der Waals surface area contributed by atoms with E-state index in [1.165, 1.54) is 6.42 Å². The van der Waals surface area contributed by atoms with Crippen LogP contribution in [0.1, 0.15) is 39.5 Å². The van der Waals surface area contributed by atoms with Crippen LogP contribution in [0.5, 0.6) is 0 Å². The van der Waals surface area contributed by atoms with E-state index in [2.05, 4.69) is 5.32 Å². The summed E-state index contributed by atoms with van der Waals surface area (Å²) < 4.78 is 5.44. The number of amides is 1. The van der Waals surface area contributed by atoms with Gasteiger partial charge in [0.05, 0.1) is 11.6 Å². The molecule has 1 aliphatic carbocycles. The molecule has 4 nitrogen and oxygen atoms in total. The Hall–Kier alpha value is -0.610. The summed E-state index contributed by atoms with van der Waals surface area (Å²) >= 11 is 0. The molecule has 1 fully saturated rings. The first-order valence-corrected chi connectivity index (χ1v) is 6.13. The highest BCUT2D eigenvalue weighted by atomic mass is 16.5. The van der Waals surface area contributed by atoms with Gasteiger partial charge < -0.3 is 15.8 Å². The van der Waals surface area contributed by atoms with Crippen molar-refractivity contribution in [2.45, 2.75) is 51.2 Å². The minimum atomic E-state index is -0.404. The molecule has 4 heteroatoms. The molecule has 2 atom stereocenters. The van der Waals surface area contributed by atoms with Gasteiger partial charge in [0.2, 0.25) is 5.91 Å². The maximum atomic E-state index is 11.8. The van der Waals surface area contributed by atoms with E-state index in [0.717, 1.165) is 19.3 Å². The normalized spacial score (nSPS) is 22.0. The molecule has 0 aromatic heterocycles. The van der Waals surface area contributed by atoms with Crippen LogP contribution in [-0.2, 0) is 9.53 Å². The number of carbonyl (C=O) groups is 1. The largest absolute Gasteiger partial charge is 0.376 e. The van der Waals surface area contributed by atoms with Crippen LogP contribution in [0.3, 0.4) is 0 Å². The predicted octanol–water partition coefficient (Wildman–Crippen LogP) is 1.05. The molecule has 3 N–H and O–H groups in total. The van der Waals surface area contributed by atoms with E-state index < -0.39 is 6.04 Å². The summed E-state index contributed by atoms with van der Waals surface area (Å²) in [5.74, 6) is 0.164. The molecule has 1 rings (SSSR count). The van der Waals surface area contributed by atoms with Gasteiger partial charge in [-0.2, -0.15) is 0 Å². The minimum absolute atomic E-state index is 0.0577.